The minimum atomic E-state index is -0.625. The summed E-state index contributed by atoms with van der Waals surface area (Å²) >= 11 is 0. The average Bonchev–Trinajstić information content (AvgIpc) is 2.99. The lowest BCUT2D eigenvalue weighted by molar-refractivity contribution is 0.0940. The van der Waals surface area contributed by atoms with Crippen molar-refractivity contribution in [3.63, 3.8) is 0 Å². The molecule has 0 spiro atoms. The van der Waals surface area contributed by atoms with Crippen LogP contribution in [0.2, 0.25) is 0 Å². The second kappa shape index (κ2) is 6.49. The number of imidazole rings is 1. The van der Waals surface area contributed by atoms with Crippen LogP contribution in [0.25, 0.3) is 0 Å². The van der Waals surface area contributed by atoms with Crippen LogP contribution < -0.4 is 10.9 Å². The summed E-state index contributed by atoms with van der Waals surface area (Å²) in [6.07, 6.45) is 4.68. The molecular formula is C17H15FN4O2. The number of aromatic nitrogens is 3. The van der Waals surface area contributed by atoms with Crippen LogP contribution in [0.4, 0.5) is 4.39 Å². The smallest absolute Gasteiger partial charge is 0.253 e. The van der Waals surface area contributed by atoms with Crippen LogP contribution in [0.1, 0.15) is 27.8 Å². The standard InChI is InChI=1S/C17H15FN4O2/c1-22-8-7-19-16(22)15(11-3-2-4-13(18)9-11)21-17(24)12-5-6-14(23)20-10-12/h2-10,15H,1H3,(H,20,23)(H,21,24)/t15-/m1/s1. The predicted molar refractivity (Wildman–Crippen MR) is 86.0 cm³/mol. The van der Waals surface area contributed by atoms with Gasteiger partial charge in [-0.1, -0.05) is 12.1 Å². The topological polar surface area (TPSA) is 79.8 Å². The zero-order chi connectivity index (χ0) is 17.1. The molecule has 0 aliphatic carbocycles. The first-order valence-electron chi connectivity index (χ1n) is 7.27. The number of pyridine rings is 1. The fraction of sp³-hybridized carbons (Fsp3) is 0.118. The Morgan fingerprint density at radius 2 is 2.17 bits per heavy atom. The van der Waals surface area contributed by atoms with Crippen molar-refractivity contribution in [3.05, 3.63) is 88.1 Å². The third-order valence-corrected chi connectivity index (χ3v) is 3.62. The molecule has 1 aromatic carbocycles. The van der Waals surface area contributed by atoms with Crippen LogP contribution >= 0.6 is 0 Å². The van der Waals surface area contributed by atoms with Gasteiger partial charge in [-0.3, -0.25) is 9.59 Å². The second-order valence-electron chi connectivity index (χ2n) is 5.30. The molecular weight excluding hydrogens is 311 g/mol. The molecule has 0 saturated heterocycles. The number of rotatable bonds is 4. The fourth-order valence-electron chi connectivity index (χ4n) is 2.40. The van der Waals surface area contributed by atoms with Crippen molar-refractivity contribution in [2.45, 2.75) is 6.04 Å². The number of aromatic amines is 1. The van der Waals surface area contributed by atoms with Crippen molar-refractivity contribution in [1.29, 1.82) is 0 Å². The molecule has 3 aromatic rings. The lowest BCUT2D eigenvalue weighted by Gasteiger charge is -2.19. The number of nitrogens with zero attached hydrogens (tertiary/aromatic N) is 2. The molecule has 2 aromatic heterocycles. The molecule has 0 saturated carbocycles. The summed E-state index contributed by atoms with van der Waals surface area (Å²) in [5.74, 6) is -0.230. The molecule has 1 atom stereocenters. The minimum Gasteiger partial charge on any atom is -0.338 e. The summed E-state index contributed by atoms with van der Waals surface area (Å²) in [6, 6.07) is 8.06. The number of amides is 1. The third-order valence-electron chi connectivity index (χ3n) is 3.62. The van der Waals surface area contributed by atoms with Crippen molar-refractivity contribution < 1.29 is 9.18 Å². The zero-order valence-electron chi connectivity index (χ0n) is 12.9. The number of aryl methyl sites for hydroxylation is 1. The van der Waals surface area contributed by atoms with Gasteiger partial charge in [0.15, 0.2) is 0 Å². The van der Waals surface area contributed by atoms with Crippen LogP contribution in [-0.4, -0.2) is 20.4 Å². The molecule has 0 radical (unpaired) electrons. The largest absolute Gasteiger partial charge is 0.338 e. The molecule has 6 nitrogen and oxygen atoms in total. The van der Waals surface area contributed by atoms with E-state index in [2.05, 4.69) is 15.3 Å². The molecule has 0 bridgehead atoms. The number of carbonyl (C=O) groups is 1. The van der Waals surface area contributed by atoms with E-state index in [4.69, 9.17) is 0 Å². The van der Waals surface area contributed by atoms with Crippen molar-refractivity contribution >= 4 is 5.91 Å². The highest BCUT2D eigenvalue weighted by atomic mass is 19.1. The summed E-state index contributed by atoms with van der Waals surface area (Å²) in [5, 5.41) is 2.83. The summed E-state index contributed by atoms with van der Waals surface area (Å²) in [7, 11) is 1.79. The Hall–Kier alpha value is -3.22. The fourth-order valence-corrected chi connectivity index (χ4v) is 2.40. The molecule has 122 valence electrons. The van der Waals surface area contributed by atoms with Gasteiger partial charge in [-0.25, -0.2) is 9.37 Å². The van der Waals surface area contributed by atoms with E-state index in [1.807, 2.05) is 0 Å². The van der Waals surface area contributed by atoms with Crippen molar-refractivity contribution in [1.82, 2.24) is 19.9 Å². The molecule has 7 heteroatoms. The van der Waals surface area contributed by atoms with E-state index >= 15 is 0 Å². The van der Waals surface area contributed by atoms with Crippen molar-refractivity contribution in [2.75, 3.05) is 0 Å². The van der Waals surface area contributed by atoms with Crippen LogP contribution in [0, 0.1) is 5.82 Å². The summed E-state index contributed by atoms with van der Waals surface area (Å²) in [4.78, 5) is 30.3. The molecule has 0 aliphatic heterocycles. The zero-order valence-corrected chi connectivity index (χ0v) is 12.9. The Labute approximate surface area is 137 Å². The van der Waals surface area contributed by atoms with E-state index in [0.717, 1.165) is 0 Å². The lowest BCUT2D eigenvalue weighted by Crippen LogP contribution is -2.31. The third kappa shape index (κ3) is 3.24. The number of H-pyrrole nitrogens is 1. The molecule has 24 heavy (non-hydrogen) atoms. The molecule has 0 fully saturated rings. The first kappa shape index (κ1) is 15.7. The van der Waals surface area contributed by atoms with Gasteiger partial charge in [-0.05, 0) is 23.8 Å². The Morgan fingerprint density at radius 3 is 2.79 bits per heavy atom. The Bertz CT molecular complexity index is 912. The maximum Gasteiger partial charge on any atom is 0.253 e. The quantitative estimate of drug-likeness (QED) is 0.767. The normalized spacial score (nSPS) is 11.9. The second-order valence-corrected chi connectivity index (χ2v) is 5.30. The highest BCUT2D eigenvalue weighted by Gasteiger charge is 2.21. The number of halogens is 1. The molecule has 0 unspecified atom stereocenters. The van der Waals surface area contributed by atoms with Crippen LogP contribution in [-0.2, 0) is 7.05 Å². The van der Waals surface area contributed by atoms with Gasteiger partial charge in [-0.2, -0.15) is 0 Å². The number of nitrogens with one attached hydrogen (secondary N) is 2. The molecule has 2 heterocycles. The monoisotopic (exact) mass is 326 g/mol. The first-order valence-corrected chi connectivity index (χ1v) is 7.27. The molecule has 3 rings (SSSR count). The SMILES string of the molecule is Cn1ccnc1[C@H](NC(=O)c1ccc(=O)[nH]c1)c1cccc(F)c1. The predicted octanol–water partition coefficient (Wildman–Crippen LogP) is 1.77. The number of hydrogen-bond donors (Lipinski definition) is 2. The van der Waals surface area contributed by atoms with E-state index in [1.165, 1.54) is 30.5 Å². The number of hydrogen-bond acceptors (Lipinski definition) is 3. The van der Waals surface area contributed by atoms with Gasteiger partial charge in [0.1, 0.15) is 17.7 Å². The van der Waals surface area contributed by atoms with Gasteiger partial charge in [0, 0.05) is 31.7 Å². The average molecular weight is 326 g/mol. The molecule has 1 amide bonds. The maximum absolute atomic E-state index is 13.6. The Balaban J connectivity index is 1.96. The van der Waals surface area contributed by atoms with Crippen LogP contribution in [0.5, 0.6) is 0 Å². The highest BCUT2D eigenvalue weighted by Crippen LogP contribution is 2.21. The summed E-state index contributed by atoms with van der Waals surface area (Å²) < 4.78 is 15.3. The van der Waals surface area contributed by atoms with Gasteiger partial charge >= 0.3 is 0 Å². The Morgan fingerprint density at radius 1 is 1.33 bits per heavy atom. The van der Waals surface area contributed by atoms with E-state index in [-0.39, 0.29) is 5.56 Å². The van der Waals surface area contributed by atoms with E-state index in [0.29, 0.717) is 17.0 Å². The maximum atomic E-state index is 13.6. The van der Waals surface area contributed by atoms with Gasteiger partial charge < -0.3 is 14.9 Å². The van der Waals surface area contributed by atoms with Gasteiger partial charge in [0.05, 0.1) is 5.56 Å². The van der Waals surface area contributed by atoms with Crippen LogP contribution in [0.3, 0.4) is 0 Å². The van der Waals surface area contributed by atoms with Crippen molar-refractivity contribution in [3.8, 4) is 0 Å². The van der Waals surface area contributed by atoms with Gasteiger partial charge in [0.2, 0.25) is 5.56 Å². The molecule has 0 aliphatic rings. The van der Waals surface area contributed by atoms with Gasteiger partial charge in [0.25, 0.3) is 5.91 Å². The van der Waals surface area contributed by atoms with Crippen LogP contribution in [0.15, 0.2) is 59.8 Å². The molecule has 2 N–H and O–H groups in total. The minimum absolute atomic E-state index is 0.294. The van der Waals surface area contributed by atoms with E-state index < -0.39 is 17.8 Å². The van der Waals surface area contributed by atoms with E-state index in [1.54, 1.807) is 36.1 Å². The van der Waals surface area contributed by atoms with Gasteiger partial charge in [-0.15, -0.1) is 0 Å². The number of benzene rings is 1. The van der Waals surface area contributed by atoms with Crippen molar-refractivity contribution in [2.24, 2.45) is 7.05 Å². The van der Waals surface area contributed by atoms with E-state index in [9.17, 15) is 14.0 Å². The number of carbonyl (C=O) groups excluding carboxylic acids is 1. The summed E-state index contributed by atoms with van der Waals surface area (Å²) in [6.45, 7) is 0. The Kier molecular flexibility index (Phi) is 4.24. The summed E-state index contributed by atoms with van der Waals surface area (Å²) in [5.41, 5.74) is 0.574. The highest BCUT2D eigenvalue weighted by molar-refractivity contribution is 5.94. The first-order chi connectivity index (χ1) is 11.5. The lowest BCUT2D eigenvalue weighted by atomic mass is 10.1.